The lowest BCUT2D eigenvalue weighted by atomic mass is 9.95. The molecule has 1 saturated heterocycles. The van der Waals surface area contributed by atoms with Crippen LogP contribution in [0.5, 0.6) is 0 Å². The summed E-state index contributed by atoms with van der Waals surface area (Å²) in [5, 5.41) is 9.22. The molecule has 0 aliphatic carbocycles. The molecule has 1 aliphatic heterocycles. The summed E-state index contributed by atoms with van der Waals surface area (Å²) in [6, 6.07) is 6.36. The molecule has 1 aliphatic rings. The zero-order valence-electron chi connectivity index (χ0n) is 16.1. The van der Waals surface area contributed by atoms with Crippen molar-refractivity contribution in [1.29, 1.82) is 0 Å². The highest BCUT2D eigenvalue weighted by Crippen LogP contribution is 2.32. The maximum Gasteiger partial charge on any atom is 0.304 e. The first-order valence-corrected chi connectivity index (χ1v) is 9.49. The van der Waals surface area contributed by atoms with Crippen LogP contribution in [0.1, 0.15) is 51.5 Å². The SMILES string of the molecule is CCN(c1ccc([C@H](COC(C)C)CC(=O)O)cc1N)C1CCOCC1. The smallest absolute Gasteiger partial charge is 0.304 e. The number of carboxylic acids is 1. The third-order valence-corrected chi connectivity index (χ3v) is 4.86. The van der Waals surface area contributed by atoms with Crippen molar-refractivity contribution < 1.29 is 19.4 Å². The molecule has 0 unspecified atom stereocenters. The monoisotopic (exact) mass is 364 g/mol. The van der Waals surface area contributed by atoms with Gasteiger partial charge in [0.2, 0.25) is 0 Å². The van der Waals surface area contributed by atoms with Gasteiger partial charge in [0.05, 0.1) is 30.5 Å². The highest BCUT2D eigenvalue weighted by Gasteiger charge is 2.23. The van der Waals surface area contributed by atoms with Crippen LogP contribution in [-0.2, 0) is 14.3 Å². The topological polar surface area (TPSA) is 85.0 Å². The van der Waals surface area contributed by atoms with Crippen LogP contribution in [0.15, 0.2) is 18.2 Å². The summed E-state index contributed by atoms with van der Waals surface area (Å²) >= 11 is 0. The largest absolute Gasteiger partial charge is 0.481 e. The van der Waals surface area contributed by atoms with E-state index in [1.54, 1.807) is 0 Å². The number of hydrogen-bond donors (Lipinski definition) is 2. The minimum atomic E-state index is -0.831. The van der Waals surface area contributed by atoms with Gasteiger partial charge in [-0.3, -0.25) is 4.79 Å². The van der Waals surface area contributed by atoms with Crippen LogP contribution in [-0.4, -0.2) is 49.6 Å². The highest BCUT2D eigenvalue weighted by atomic mass is 16.5. The number of nitrogen functional groups attached to an aromatic ring is 1. The summed E-state index contributed by atoms with van der Waals surface area (Å²) in [5.41, 5.74) is 8.99. The average molecular weight is 364 g/mol. The van der Waals surface area contributed by atoms with Crippen LogP contribution in [0, 0.1) is 0 Å². The number of nitrogens with two attached hydrogens (primary N) is 1. The van der Waals surface area contributed by atoms with Crippen molar-refractivity contribution in [2.75, 3.05) is 37.0 Å². The average Bonchev–Trinajstić information content (AvgIpc) is 2.61. The Labute approximate surface area is 156 Å². The molecule has 1 atom stereocenters. The van der Waals surface area contributed by atoms with E-state index in [0.29, 0.717) is 18.3 Å². The van der Waals surface area contributed by atoms with Crippen LogP contribution in [0.4, 0.5) is 11.4 Å². The quantitative estimate of drug-likeness (QED) is 0.654. The fourth-order valence-electron chi connectivity index (χ4n) is 3.50. The Kier molecular flexibility index (Phi) is 7.72. The number of rotatable bonds is 9. The minimum Gasteiger partial charge on any atom is -0.481 e. The molecule has 26 heavy (non-hydrogen) atoms. The van der Waals surface area contributed by atoms with Crippen LogP contribution in [0.25, 0.3) is 0 Å². The predicted octanol–water partition coefficient (Wildman–Crippen LogP) is 3.26. The van der Waals surface area contributed by atoms with E-state index in [2.05, 4.69) is 11.8 Å². The van der Waals surface area contributed by atoms with Crippen molar-refractivity contribution >= 4 is 17.3 Å². The van der Waals surface area contributed by atoms with Crippen molar-refractivity contribution in [2.24, 2.45) is 0 Å². The van der Waals surface area contributed by atoms with Crippen LogP contribution in [0.3, 0.4) is 0 Å². The third kappa shape index (κ3) is 5.61. The number of nitrogens with zero attached hydrogens (tertiary/aromatic N) is 1. The molecule has 6 nitrogen and oxygen atoms in total. The first-order valence-electron chi connectivity index (χ1n) is 9.49. The first-order chi connectivity index (χ1) is 12.4. The summed E-state index contributed by atoms with van der Waals surface area (Å²) in [5.74, 6) is -1.04. The number of benzene rings is 1. The first kappa shape index (κ1) is 20.5. The molecule has 0 spiro atoms. The number of carboxylic acid groups (broad SMARTS) is 1. The number of hydrogen-bond acceptors (Lipinski definition) is 5. The van der Waals surface area contributed by atoms with Crippen molar-refractivity contribution in [3.8, 4) is 0 Å². The molecule has 146 valence electrons. The summed E-state index contributed by atoms with van der Waals surface area (Å²) in [4.78, 5) is 13.6. The van der Waals surface area contributed by atoms with Crippen LogP contribution < -0.4 is 10.6 Å². The zero-order valence-corrected chi connectivity index (χ0v) is 16.1. The molecule has 1 aromatic rings. The lowest BCUT2D eigenvalue weighted by Gasteiger charge is -2.36. The normalized spacial score (nSPS) is 16.6. The number of ether oxygens (including phenoxy) is 2. The van der Waals surface area contributed by atoms with Crippen molar-refractivity contribution in [2.45, 2.75) is 58.1 Å². The van der Waals surface area contributed by atoms with Crippen molar-refractivity contribution in [3.05, 3.63) is 23.8 Å². The Hall–Kier alpha value is -1.79. The predicted molar refractivity (Wildman–Crippen MR) is 104 cm³/mol. The third-order valence-electron chi connectivity index (χ3n) is 4.86. The fraction of sp³-hybridized carbons (Fsp3) is 0.650. The van der Waals surface area contributed by atoms with Gasteiger partial charge in [0.15, 0.2) is 0 Å². The van der Waals surface area contributed by atoms with Gasteiger partial charge in [-0.25, -0.2) is 0 Å². The molecule has 0 bridgehead atoms. The molecule has 0 radical (unpaired) electrons. The van der Waals surface area contributed by atoms with Gasteiger partial charge in [-0.1, -0.05) is 6.07 Å². The Morgan fingerprint density at radius 2 is 2.08 bits per heavy atom. The molecule has 1 heterocycles. The van der Waals surface area contributed by atoms with Gasteiger partial charge in [0.1, 0.15) is 0 Å². The van der Waals surface area contributed by atoms with E-state index in [1.807, 2.05) is 32.0 Å². The molecule has 0 aromatic heterocycles. The standard InChI is InChI=1S/C20H32N2O4/c1-4-22(17-7-9-25-10-8-17)19-6-5-15(11-18(19)21)16(12-20(23)24)13-26-14(2)3/h5-6,11,14,16-17H,4,7-10,12-13,21H2,1-3H3,(H,23,24)/t16-/m0/s1. The summed E-state index contributed by atoms with van der Waals surface area (Å²) in [6.45, 7) is 8.85. The lowest BCUT2D eigenvalue weighted by molar-refractivity contribution is -0.138. The molecular formula is C20H32N2O4. The van der Waals surface area contributed by atoms with Crippen molar-refractivity contribution in [1.82, 2.24) is 0 Å². The molecule has 1 aromatic carbocycles. The molecule has 1 fully saturated rings. The van der Waals surface area contributed by atoms with E-state index < -0.39 is 5.97 Å². The zero-order chi connectivity index (χ0) is 19.1. The van der Waals surface area contributed by atoms with Gasteiger partial charge in [-0.05, 0) is 51.3 Å². The van der Waals surface area contributed by atoms with E-state index >= 15 is 0 Å². The molecule has 2 rings (SSSR count). The fourth-order valence-corrected chi connectivity index (χ4v) is 3.50. The highest BCUT2D eigenvalue weighted by molar-refractivity contribution is 5.71. The van der Waals surface area contributed by atoms with Gasteiger partial charge in [0, 0.05) is 31.7 Å². The van der Waals surface area contributed by atoms with Gasteiger partial charge >= 0.3 is 5.97 Å². The molecule has 3 N–H and O–H groups in total. The number of anilines is 2. The second-order valence-electron chi connectivity index (χ2n) is 7.12. The Bertz CT molecular complexity index is 585. The number of aliphatic carboxylic acids is 1. The summed E-state index contributed by atoms with van der Waals surface area (Å²) in [6.07, 6.45) is 2.09. The van der Waals surface area contributed by atoms with E-state index in [0.717, 1.165) is 43.9 Å². The van der Waals surface area contributed by atoms with Crippen molar-refractivity contribution in [3.63, 3.8) is 0 Å². The Balaban J connectivity index is 2.20. The Morgan fingerprint density at radius 3 is 2.62 bits per heavy atom. The van der Waals surface area contributed by atoms with E-state index in [1.165, 1.54) is 0 Å². The minimum absolute atomic E-state index is 0.0307. The molecule has 6 heteroatoms. The lowest BCUT2D eigenvalue weighted by Crippen LogP contribution is -2.39. The maximum atomic E-state index is 11.2. The van der Waals surface area contributed by atoms with Gasteiger partial charge in [-0.15, -0.1) is 0 Å². The summed E-state index contributed by atoms with van der Waals surface area (Å²) in [7, 11) is 0. The second-order valence-corrected chi connectivity index (χ2v) is 7.12. The molecule has 0 amide bonds. The van der Waals surface area contributed by atoms with Gasteiger partial charge < -0.3 is 25.2 Å². The van der Waals surface area contributed by atoms with Crippen LogP contribution >= 0.6 is 0 Å². The molecule has 0 saturated carbocycles. The van der Waals surface area contributed by atoms with Gasteiger partial charge in [-0.2, -0.15) is 0 Å². The number of carbonyl (C=O) groups is 1. The summed E-state index contributed by atoms with van der Waals surface area (Å²) < 4.78 is 11.1. The van der Waals surface area contributed by atoms with E-state index in [4.69, 9.17) is 15.2 Å². The van der Waals surface area contributed by atoms with Gasteiger partial charge in [0.25, 0.3) is 0 Å². The maximum absolute atomic E-state index is 11.2. The second kappa shape index (κ2) is 9.78. The van der Waals surface area contributed by atoms with E-state index in [9.17, 15) is 9.90 Å². The molecular weight excluding hydrogens is 332 g/mol. The van der Waals surface area contributed by atoms with Crippen LogP contribution in [0.2, 0.25) is 0 Å². The Morgan fingerprint density at radius 1 is 1.38 bits per heavy atom. The van der Waals surface area contributed by atoms with E-state index in [-0.39, 0.29) is 18.4 Å².